The molecule has 0 saturated carbocycles. The summed E-state index contributed by atoms with van der Waals surface area (Å²) >= 11 is 2.16. The Kier molecular flexibility index (Phi) is 4.73. The lowest BCUT2D eigenvalue weighted by Crippen LogP contribution is -2.13. The van der Waals surface area contributed by atoms with Crippen molar-refractivity contribution in [3.63, 3.8) is 0 Å². The van der Waals surface area contributed by atoms with Gasteiger partial charge in [-0.2, -0.15) is 0 Å². The summed E-state index contributed by atoms with van der Waals surface area (Å²) in [6.45, 7) is 0. The van der Waals surface area contributed by atoms with Gasteiger partial charge in [-0.1, -0.05) is 6.07 Å². The van der Waals surface area contributed by atoms with Crippen molar-refractivity contribution in [1.82, 2.24) is 0 Å². The fraction of sp³-hybridized carbons (Fsp3) is 0.0714. The number of benzene rings is 2. The zero-order chi connectivity index (χ0) is 15.4. The van der Waals surface area contributed by atoms with Crippen LogP contribution < -0.4 is 10.1 Å². The van der Waals surface area contributed by atoms with Crippen LogP contribution in [0.5, 0.6) is 5.75 Å². The van der Waals surface area contributed by atoms with Crippen LogP contribution in [0, 0.1) is 13.7 Å². The molecule has 0 bridgehead atoms. The van der Waals surface area contributed by atoms with Gasteiger partial charge in [0.25, 0.3) is 5.91 Å². The Morgan fingerprint density at radius 1 is 1.24 bits per heavy atom. The third-order valence-electron chi connectivity index (χ3n) is 2.74. The minimum absolute atomic E-state index is 0.0505. The Morgan fingerprint density at radius 2 is 1.90 bits per heavy atom. The van der Waals surface area contributed by atoms with Crippen LogP contribution in [0.4, 0.5) is 11.4 Å². The highest BCUT2D eigenvalue weighted by Gasteiger charge is 2.22. The van der Waals surface area contributed by atoms with Crippen LogP contribution >= 0.6 is 22.6 Å². The van der Waals surface area contributed by atoms with E-state index in [1.54, 1.807) is 12.1 Å². The number of nitrogens with zero attached hydrogens (tertiary/aromatic N) is 1. The number of para-hydroxylation sites is 1. The monoisotopic (exact) mass is 398 g/mol. The number of nitrogens with one attached hydrogen (secondary N) is 1. The number of halogens is 1. The number of rotatable bonds is 4. The number of carbonyl (C=O) groups is 1. The largest absolute Gasteiger partial charge is 0.490 e. The number of hydrogen-bond acceptors (Lipinski definition) is 4. The predicted octanol–water partition coefficient (Wildman–Crippen LogP) is 3.46. The Morgan fingerprint density at radius 3 is 2.48 bits per heavy atom. The van der Waals surface area contributed by atoms with E-state index in [4.69, 9.17) is 4.74 Å². The Balaban J connectivity index is 2.33. The van der Waals surface area contributed by atoms with E-state index in [2.05, 4.69) is 27.9 Å². The fourth-order valence-corrected chi connectivity index (χ4v) is 2.15. The minimum Gasteiger partial charge on any atom is -0.490 e. The maximum absolute atomic E-state index is 12.2. The van der Waals surface area contributed by atoms with Crippen molar-refractivity contribution in [1.29, 1.82) is 0 Å². The van der Waals surface area contributed by atoms with Crippen molar-refractivity contribution in [2.45, 2.75) is 0 Å². The number of nitro groups is 1. The first-order valence-electron chi connectivity index (χ1n) is 5.91. The summed E-state index contributed by atoms with van der Waals surface area (Å²) in [4.78, 5) is 22.6. The van der Waals surface area contributed by atoms with Gasteiger partial charge in [-0.05, 0) is 52.9 Å². The number of hydrogen-bond donors (Lipinski definition) is 1. The van der Waals surface area contributed by atoms with Crippen LogP contribution in [-0.2, 0) is 0 Å². The van der Waals surface area contributed by atoms with Crippen molar-refractivity contribution in [2.75, 3.05) is 12.4 Å². The van der Waals surface area contributed by atoms with E-state index < -0.39 is 10.8 Å². The van der Waals surface area contributed by atoms with E-state index in [1.807, 2.05) is 12.1 Å². The zero-order valence-corrected chi connectivity index (χ0v) is 13.2. The molecule has 0 unspecified atom stereocenters. The standard InChI is InChI=1S/C14H11IN2O4/c1-21-13-11(3-2-4-12(13)17(19)20)14(18)16-10-7-5-9(15)6-8-10/h2-8H,1H3,(H,16,18). The van der Waals surface area contributed by atoms with Crippen molar-refractivity contribution >= 4 is 39.9 Å². The number of nitro benzene ring substituents is 1. The van der Waals surface area contributed by atoms with Crippen LogP contribution in [0.2, 0.25) is 0 Å². The second kappa shape index (κ2) is 6.53. The molecule has 7 heteroatoms. The number of amides is 1. The average Bonchev–Trinajstić information content (AvgIpc) is 2.48. The van der Waals surface area contributed by atoms with Gasteiger partial charge in [-0.25, -0.2) is 0 Å². The SMILES string of the molecule is COc1c(C(=O)Nc2ccc(I)cc2)cccc1[N+](=O)[O-]. The summed E-state index contributed by atoms with van der Waals surface area (Å²) in [5.74, 6) is -0.512. The van der Waals surface area contributed by atoms with Crippen LogP contribution in [0.15, 0.2) is 42.5 Å². The van der Waals surface area contributed by atoms with E-state index in [-0.39, 0.29) is 17.0 Å². The number of methoxy groups -OCH3 is 1. The smallest absolute Gasteiger partial charge is 0.311 e. The van der Waals surface area contributed by atoms with E-state index in [9.17, 15) is 14.9 Å². The third kappa shape index (κ3) is 3.48. The molecule has 108 valence electrons. The molecule has 0 heterocycles. The van der Waals surface area contributed by atoms with Crippen molar-refractivity contribution in [3.8, 4) is 5.75 Å². The molecular weight excluding hydrogens is 387 g/mol. The van der Waals surface area contributed by atoms with Gasteiger partial charge in [0.05, 0.1) is 17.6 Å². The molecule has 0 aromatic heterocycles. The quantitative estimate of drug-likeness (QED) is 0.486. The summed E-state index contributed by atoms with van der Waals surface area (Å²) in [5, 5.41) is 13.6. The zero-order valence-electron chi connectivity index (χ0n) is 11.0. The molecule has 0 fully saturated rings. The van der Waals surface area contributed by atoms with Crippen LogP contribution in [-0.4, -0.2) is 17.9 Å². The summed E-state index contributed by atoms with van der Waals surface area (Å²) < 4.78 is 6.05. The predicted molar refractivity (Wildman–Crippen MR) is 86.8 cm³/mol. The molecule has 1 N–H and O–H groups in total. The molecule has 0 radical (unpaired) electrons. The molecule has 0 saturated heterocycles. The van der Waals surface area contributed by atoms with Gasteiger partial charge in [0.2, 0.25) is 5.75 Å². The maximum Gasteiger partial charge on any atom is 0.311 e. The minimum atomic E-state index is -0.583. The molecule has 6 nitrogen and oxygen atoms in total. The first kappa shape index (κ1) is 15.2. The summed E-state index contributed by atoms with van der Waals surface area (Å²) in [5.41, 5.74) is 0.479. The number of carbonyl (C=O) groups excluding carboxylic acids is 1. The van der Waals surface area contributed by atoms with E-state index >= 15 is 0 Å². The van der Waals surface area contributed by atoms with Gasteiger partial charge in [-0.3, -0.25) is 14.9 Å². The van der Waals surface area contributed by atoms with E-state index in [1.165, 1.54) is 25.3 Å². The first-order chi connectivity index (χ1) is 10.0. The molecule has 1 amide bonds. The second-order valence-corrected chi connectivity index (χ2v) is 5.32. The van der Waals surface area contributed by atoms with Crippen LogP contribution in [0.3, 0.4) is 0 Å². The Hall–Kier alpha value is -2.16. The van der Waals surface area contributed by atoms with Gasteiger partial charge in [0.15, 0.2) is 0 Å². The molecule has 0 aliphatic carbocycles. The summed E-state index contributed by atoms with van der Waals surface area (Å²) in [6.07, 6.45) is 0. The molecule has 2 aromatic carbocycles. The highest BCUT2D eigenvalue weighted by Crippen LogP contribution is 2.31. The van der Waals surface area contributed by atoms with Gasteiger partial charge >= 0.3 is 5.69 Å². The van der Waals surface area contributed by atoms with Crippen LogP contribution in [0.1, 0.15) is 10.4 Å². The maximum atomic E-state index is 12.2. The number of anilines is 1. The van der Waals surface area contributed by atoms with E-state index in [0.29, 0.717) is 5.69 Å². The average molecular weight is 398 g/mol. The second-order valence-electron chi connectivity index (χ2n) is 4.08. The molecule has 21 heavy (non-hydrogen) atoms. The topological polar surface area (TPSA) is 81.5 Å². The van der Waals surface area contributed by atoms with Crippen LogP contribution in [0.25, 0.3) is 0 Å². The molecule has 0 aliphatic rings. The van der Waals surface area contributed by atoms with Gasteiger partial charge in [-0.15, -0.1) is 0 Å². The Bertz CT molecular complexity index is 686. The molecule has 2 rings (SSSR count). The third-order valence-corrected chi connectivity index (χ3v) is 3.46. The van der Waals surface area contributed by atoms with Gasteiger partial charge < -0.3 is 10.1 Å². The molecule has 0 aliphatic heterocycles. The van der Waals surface area contributed by atoms with Gasteiger partial charge in [0.1, 0.15) is 0 Å². The summed E-state index contributed by atoms with van der Waals surface area (Å²) in [6, 6.07) is 11.4. The lowest BCUT2D eigenvalue weighted by Gasteiger charge is -2.09. The van der Waals surface area contributed by atoms with Gasteiger partial charge in [0, 0.05) is 15.3 Å². The molecule has 0 spiro atoms. The first-order valence-corrected chi connectivity index (χ1v) is 6.99. The lowest BCUT2D eigenvalue weighted by atomic mass is 10.1. The number of ether oxygens (including phenoxy) is 1. The molecule has 2 aromatic rings. The normalized spacial score (nSPS) is 10.0. The lowest BCUT2D eigenvalue weighted by molar-refractivity contribution is -0.385. The molecular formula is C14H11IN2O4. The Labute approximate surface area is 134 Å². The summed E-state index contributed by atoms with van der Waals surface area (Å²) in [7, 11) is 1.30. The molecule has 0 atom stereocenters. The fourth-order valence-electron chi connectivity index (χ4n) is 1.79. The highest BCUT2D eigenvalue weighted by molar-refractivity contribution is 14.1. The van der Waals surface area contributed by atoms with Crippen molar-refractivity contribution < 1.29 is 14.5 Å². The van der Waals surface area contributed by atoms with Crippen molar-refractivity contribution in [3.05, 3.63) is 61.7 Å². The van der Waals surface area contributed by atoms with E-state index in [0.717, 1.165) is 3.57 Å². The van der Waals surface area contributed by atoms with Crippen molar-refractivity contribution in [2.24, 2.45) is 0 Å². The highest BCUT2D eigenvalue weighted by atomic mass is 127.